The van der Waals surface area contributed by atoms with Crippen molar-refractivity contribution in [2.45, 2.75) is 19.8 Å². The fourth-order valence-corrected chi connectivity index (χ4v) is 2.69. The summed E-state index contributed by atoms with van der Waals surface area (Å²) in [6.45, 7) is 1.42. The molecule has 2 aromatic rings. The van der Waals surface area contributed by atoms with Crippen LogP contribution in [0.5, 0.6) is 5.75 Å². The molecule has 0 aromatic heterocycles. The lowest BCUT2D eigenvalue weighted by Gasteiger charge is -2.12. The molecular weight excluding hydrogens is 372 g/mol. The molecule has 0 radical (unpaired) electrons. The highest BCUT2D eigenvalue weighted by Gasteiger charge is 2.09. The summed E-state index contributed by atoms with van der Waals surface area (Å²) in [6.07, 6.45) is 1.03. The fraction of sp³-hybridized carbons (Fsp3) is 0.222. The van der Waals surface area contributed by atoms with Gasteiger partial charge in [-0.2, -0.15) is 0 Å². The molecule has 0 bridgehead atoms. The second kappa shape index (κ2) is 8.49. The molecule has 0 saturated carbocycles. The quantitative estimate of drug-likeness (QED) is 0.783. The minimum absolute atomic E-state index is 0.0890. The molecule has 0 aliphatic carbocycles. The molecule has 2 rings (SSSR count). The number of hydrogen-bond donors (Lipinski definition) is 2. The molecule has 2 aromatic carbocycles. The zero-order valence-corrected chi connectivity index (χ0v) is 15.1. The summed E-state index contributed by atoms with van der Waals surface area (Å²) in [5, 5.41) is 5.52. The zero-order valence-electron chi connectivity index (χ0n) is 13.6. The van der Waals surface area contributed by atoms with Crippen molar-refractivity contribution < 1.29 is 14.3 Å². The van der Waals surface area contributed by atoms with E-state index in [0.29, 0.717) is 30.0 Å². The van der Waals surface area contributed by atoms with Crippen LogP contribution in [0.2, 0.25) is 0 Å². The van der Waals surface area contributed by atoms with E-state index in [9.17, 15) is 9.59 Å². The minimum atomic E-state index is -0.202. The lowest BCUT2D eigenvalue weighted by Crippen LogP contribution is -2.13. The number of carbonyl (C=O) groups is 2. The number of methoxy groups -OCH3 is 1. The summed E-state index contributed by atoms with van der Waals surface area (Å²) in [4.78, 5) is 23.4. The Morgan fingerprint density at radius 3 is 2.58 bits per heavy atom. The molecule has 0 saturated heterocycles. The predicted molar refractivity (Wildman–Crippen MR) is 98.4 cm³/mol. The topological polar surface area (TPSA) is 67.4 Å². The van der Waals surface area contributed by atoms with Gasteiger partial charge in [-0.15, -0.1) is 0 Å². The van der Waals surface area contributed by atoms with Crippen molar-refractivity contribution in [3.05, 3.63) is 52.5 Å². The van der Waals surface area contributed by atoms with Gasteiger partial charge in [0.15, 0.2) is 0 Å². The number of anilines is 2. The third-order valence-electron chi connectivity index (χ3n) is 3.32. The highest BCUT2D eigenvalue weighted by atomic mass is 79.9. The van der Waals surface area contributed by atoms with Crippen LogP contribution >= 0.6 is 15.9 Å². The van der Waals surface area contributed by atoms with Gasteiger partial charge in [0.05, 0.1) is 12.8 Å². The third kappa shape index (κ3) is 5.38. The van der Waals surface area contributed by atoms with E-state index in [4.69, 9.17) is 4.74 Å². The van der Waals surface area contributed by atoms with Gasteiger partial charge in [0.2, 0.25) is 11.8 Å². The number of halogens is 1. The summed E-state index contributed by atoms with van der Waals surface area (Å²) in [7, 11) is 1.52. The number of amides is 2. The Morgan fingerprint density at radius 1 is 1.12 bits per heavy atom. The van der Waals surface area contributed by atoms with Crippen LogP contribution in [0, 0.1) is 0 Å². The van der Waals surface area contributed by atoms with Gasteiger partial charge < -0.3 is 15.4 Å². The van der Waals surface area contributed by atoms with Crippen LogP contribution in [0.25, 0.3) is 0 Å². The van der Waals surface area contributed by atoms with Crippen molar-refractivity contribution >= 4 is 39.1 Å². The van der Waals surface area contributed by atoms with Gasteiger partial charge in [-0.3, -0.25) is 9.59 Å². The maximum Gasteiger partial charge on any atom is 0.224 e. The van der Waals surface area contributed by atoms with E-state index in [1.165, 1.54) is 14.0 Å². The average Bonchev–Trinajstić information content (AvgIpc) is 2.53. The largest absolute Gasteiger partial charge is 0.495 e. The van der Waals surface area contributed by atoms with Gasteiger partial charge in [0, 0.05) is 23.5 Å². The van der Waals surface area contributed by atoms with Crippen LogP contribution in [0.4, 0.5) is 11.4 Å². The molecular formula is C18H19BrN2O3. The Kier molecular flexibility index (Phi) is 6.37. The molecule has 0 unspecified atom stereocenters. The van der Waals surface area contributed by atoms with Crippen molar-refractivity contribution in [1.82, 2.24) is 0 Å². The lowest BCUT2D eigenvalue weighted by molar-refractivity contribution is -0.116. The third-order valence-corrected chi connectivity index (χ3v) is 3.82. The Bertz CT molecular complexity index is 747. The van der Waals surface area contributed by atoms with Gasteiger partial charge >= 0.3 is 0 Å². The van der Waals surface area contributed by atoms with E-state index >= 15 is 0 Å². The Balaban J connectivity index is 1.99. The van der Waals surface area contributed by atoms with Crippen LogP contribution in [0.3, 0.4) is 0 Å². The van der Waals surface area contributed by atoms with Crippen LogP contribution in [-0.4, -0.2) is 18.9 Å². The van der Waals surface area contributed by atoms with E-state index < -0.39 is 0 Å². The van der Waals surface area contributed by atoms with E-state index in [-0.39, 0.29) is 11.8 Å². The molecule has 0 aliphatic rings. The van der Waals surface area contributed by atoms with Crippen molar-refractivity contribution in [3.63, 3.8) is 0 Å². The Hall–Kier alpha value is -2.34. The normalized spacial score (nSPS) is 10.1. The summed E-state index contributed by atoms with van der Waals surface area (Å²) in [5.74, 6) is 0.248. The fourth-order valence-electron chi connectivity index (χ4n) is 2.25. The number of rotatable bonds is 6. The van der Waals surface area contributed by atoms with Crippen molar-refractivity contribution in [2.24, 2.45) is 0 Å². The first-order valence-electron chi connectivity index (χ1n) is 7.48. The lowest BCUT2D eigenvalue weighted by atomic mass is 10.1. The standard InChI is InChI=1S/C18H19BrN2O3/c1-12(22)20-16-11-15(7-8-17(16)24-2)21-18(23)9-6-13-4-3-5-14(19)10-13/h3-5,7-8,10-11H,6,9H2,1-2H3,(H,20,22)(H,21,23). The van der Waals surface area contributed by atoms with Gasteiger partial charge in [0.25, 0.3) is 0 Å². The number of carbonyl (C=O) groups excluding carboxylic acids is 2. The second-order valence-corrected chi connectivity index (χ2v) is 6.19. The second-order valence-electron chi connectivity index (χ2n) is 5.27. The van der Waals surface area contributed by atoms with E-state index in [2.05, 4.69) is 26.6 Å². The first kappa shape index (κ1) is 18.0. The van der Waals surface area contributed by atoms with Gasteiger partial charge in [-0.05, 0) is 42.3 Å². The molecule has 0 atom stereocenters. The maximum atomic E-state index is 12.1. The molecule has 0 spiro atoms. The van der Waals surface area contributed by atoms with Crippen molar-refractivity contribution in [3.8, 4) is 5.75 Å². The summed E-state index contributed by atoms with van der Waals surface area (Å²) < 4.78 is 6.19. The Labute approximate surface area is 149 Å². The molecule has 24 heavy (non-hydrogen) atoms. The number of nitrogens with one attached hydrogen (secondary N) is 2. The van der Waals surface area contributed by atoms with Crippen LogP contribution < -0.4 is 15.4 Å². The van der Waals surface area contributed by atoms with Crippen molar-refractivity contribution in [2.75, 3.05) is 17.7 Å². The highest BCUT2D eigenvalue weighted by molar-refractivity contribution is 9.10. The molecule has 126 valence electrons. The molecule has 0 aliphatic heterocycles. The van der Waals surface area contributed by atoms with Gasteiger partial charge in [0.1, 0.15) is 5.75 Å². The first-order chi connectivity index (χ1) is 11.5. The molecule has 2 N–H and O–H groups in total. The predicted octanol–water partition coefficient (Wildman–Crippen LogP) is 3.99. The van der Waals surface area contributed by atoms with Crippen LogP contribution in [0.15, 0.2) is 46.9 Å². The van der Waals surface area contributed by atoms with E-state index in [0.717, 1.165) is 10.0 Å². The molecule has 0 heterocycles. The Morgan fingerprint density at radius 2 is 1.92 bits per heavy atom. The average molecular weight is 391 g/mol. The van der Waals surface area contributed by atoms with Gasteiger partial charge in [-0.1, -0.05) is 28.1 Å². The molecule has 2 amide bonds. The van der Waals surface area contributed by atoms with E-state index in [1.54, 1.807) is 18.2 Å². The van der Waals surface area contributed by atoms with Gasteiger partial charge in [-0.25, -0.2) is 0 Å². The smallest absolute Gasteiger partial charge is 0.224 e. The van der Waals surface area contributed by atoms with Crippen molar-refractivity contribution in [1.29, 1.82) is 0 Å². The number of benzene rings is 2. The number of aryl methyl sites for hydroxylation is 1. The number of ether oxygens (including phenoxy) is 1. The summed E-state index contributed by atoms with van der Waals surface area (Å²) in [6, 6.07) is 13.0. The number of hydrogen-bond acceptors (Lipinski definition) is 3. The molecule has 6 heteroatoms. The molecule has 5 nitrogen and oxygen atoms in total. The summed E-state index contributed by atoms with van der Waals surface area (Å²) in [5.41, 5.74) is 2.22. The minimum Gasteiger partial charge on any atom is -0.495 e. The monoisotopic (exact) mass is 390 g/mol. The van der Waals surface area contributed by atoms with Crippen LogP contribution in [0.1, 0.15) is 18.9 Å². The zero-order chi connectivity index (χ0) is 17.5. The maximum absolute atomic E-state index is 12.1. The van der Waals surface area contributed by atoms with Crippen LogP contribution in [-0.2, 0) is 16.0 Å². The molecule has 0 fully saturated rings. The first-order valence-corrected chi connectivity index (χ1v) is 8.27. The van der Waals surface area contributed by atoms with E-state index in [1.807, 2.05) is 24.3 Å². The highest BCUT2D eigenvalue weighted by Crippen LogP contribution is 2.28. The SMILES string of the molecule is COc1ccc(NC(=O)CCc2cccc(Br)c2)cc1NC(C)=O. The summed E-state index contributed by atoms with van der Waals surface area (Å²) >= 11 is 3.42.